The van der Waals surface area contributed by atoms with Crippen molar-refractivity contribution in [3.63, 3.8) is 0 Å². The quantitative estimate of drug-likeness (QED) is 0.610. The van der Waals surface area contributed by atoms with Crippen molar-refractivity contribution in [1.29, 1.82) is 0 Å². The Morgan fingerprint density at radius 1 is 1.00 bits per heavy atom. The summed E-state index contributed by atoms with van der Waals surface area (Å²) in [6, 6.07) is 14.5. The zero-order chi connectivity index (χ0) is 20.5. The standard InChI is InChI=1S/C22H29N3O3/c1-5-16(4)28-20-11-7-10-19(13-20)25-21(26)14-23-18-9-6-8-17(12-18)22(27)24-15(2)3/h6-13,15-16,23H,5,14H2,1-4H3,(H,24,27)(H,25,26). The SMILES string of the molecule is CCC(C)Oc1cccc(NC(=O)CNc2cccc(C(=O)NC(C)C)c2)c1. The van der Waals surface area contributed by atoms with Crippen molar-refractivity contribution < 1.29 is 14.3 Å². The van der Waals surface area contributed by atoms with E-state index in [1.165, 1.54) is 0 Å². The summed E-state index contributed by atoms with van der Waals surface area (Å²) in [5.74, 6) is 0.405. The third kappa shape index (κ3) is 6.95. The van der Waals surface area contributed by atoms with E-state index in [1.54, 1.807) is 24.3 Å². The molecular formula is C22H29N3O3. The van der Waals surface area contributed by atoms with Crippen LogP contribution in [0.15, 0.2) is 48.5 Å². The molecule has 0 saturated heterocycles. The lowest BCUT2D eigenvalue weighted by Crippen LogP contribution is -2.30. The molecule has 150 valence electrons. The number of rotatable bonds is 9. The molecule has 2 amide bonds. The lowest BCUT2D eigenvalue weighted by molar-refractivity contribution is -0.114. The van der Waals surface area contributed by atoms with E-state index in [0.717, 1.165) is 12.2 Å². The van der Waals surface area contributed by atoms with Crippen LogP contribution in [0.2, 0.25) is 0 Å². The van der Waals surface area contributed by atoms with Crippen LogP contribution in [0.25, 0.3) is 0 Å². The number of hydrogen-bond donors (Lipinski definition) is 3. The predicted molar refractivity (Wildman–Crippen MR) is 113 cm³/mol. The first-order valence-electron chi connectivity index (χ1n) is 9.58. The molecule has 0 fully saturated rings. The molecule has 6 heteroatoms. The molecule has 0 saturated carbocycles. The summed E-state index contributed by atoms with van der Waals surface area (Å²) in [4.78, 5) is 24.3. The summed E-state index contributed by atoms with van der Waals surface area (Å²) in [5, 5.41) is 8.74. The number of hydrogen-bond acceptors (Lipinski definition) is 4. The number of nitrogens with one attached hydrogen (secondary N) is 3. The first-order valence-corrected chi connectivity index (χ1v) is 9.58. The smallest absolute Gasteiger partial charge is 0.251 e. The molecule has 0 bridgehead atoms. The Kier molecular flexibility index (Phi) is 7.87. The Morgan fingerprint density at radius 2 is 1.71 bits per heavy atom. The van der Waals surface area contributed by atoms with Crippen LogP contribution in [-0.4, -0.2) is 30.5 Å². The fourth-order valence-corrected chi connectivity index (χ4v) is 2.47. The molecule has 0 aromatic heterocycles. The van der Waals surface area contributed by atoms with Gasteiger partial charge >= 0.3 is 0 Å². The van der Waals surface area contributed by atoms with Gasteiger partial charge in [0.25, 0.3) is 5.91 Å². The average molecular weight is 383 g/mol. The molecule has 0 spiro atoms. The summed E-state index contributed by atoms with van der Waals surface area (Å²) < 4.78 is 5.77. The van der Waals surface area contributed by atoms with Gasteiger partial charge in [-0.05, 0) is 57.5 Å². The van der Waals surface area contributed by atoms with E-state index in [1.807, 2.05) is 45.0 Å². The largest absolute Gasteiger partial charge is 0.491 e. The number of anilines is 2. The maximum absolute atomic E-state index is 12.2. The van der Waals surface area contributed by atoms with Gasteiger partial charge < -0.3 is 20.7 Å². The van der Waals surface area contributed by atoms with Gasteiger partial charge in [0.15, 0.2) is 0 Å². The van der Waals surface area contributed by atoms with Gasteiger partial charge in [0, 0.05) is 29.0 Å². The van der Waals surface area contributed by atoms with Crippen LogP contribution in [0.1, 0.15) is 44.5 Å². The molecule has 6 nitrogen and oxygen atoms in total. The van der Waals surface area contributed by atoms with Gasteiger partial charge in [0.1, 0.15) is 5.75 Å². The third-order valence-corrected chi connectivity index (χ3v) is 4.03. The summed E-state index contributed by atoms with van der Waals surface area (Å²) in [6.45, 7) is 7.97. The second kappa shape index (κ2) is 10.3. The Bertz CT molecular complexity index is 805. The van der Waals surface area contributed by atoms with Crippen molar-refractivity contribution in [2.45, 2.75) is 46.3 Å². The Morgan fingerprint density at radius 3 is 2.43 bits per heavy atom. The maximum atomic E-state index is 12.2. The fourth-order valence-electron chi connectivity index (χ4n) is 2.47. The number of carbonyl (C=O) groups is 2. The minimum Gasteiger partial charge on any atom is -0.491 e. The van der Waals surface area contributed by atoms with Gasteiger partial charge in [-0.3, -0.25) is 9.59 Å². The molecule has 0 radical (unpaired) electrons. The summed E-state index contributed by atoms with van der Waals surface area (Å²) >= 11 is 0. The Labute approximate surface area is 166 Å². The molecule has 2 aromatic carbocycles. The van der Waals surface area contributed by atoms with Crippen molar-refractivity contribution in [2.75, 3.05) is 17.2 Å². The van der Waals surface area contributed by atoms with Gasteiger partial charge in [-0.1, -0.05) is 19.1 Å². The maximum Gasteiger partial charge on any atom is 0.251 e. The van der Waals surface area contributed by atoms with Crippen LogP contribution in [0.4, 0.5) is 11.4 Å². The van der Waals surface area contributed by atoms with Crippen molar-refractivity contribution >= 4 is 23.2 Å². The highest BCUT2D eigenvalue weighted by atomic mass is 16.5. The molecule has 1 unspecified atom stereocenters. The Hall–Kier alpha value is -3.02. The lowest BCUT2D eigenvalue weighted by atomic mass is 10.1. The summed E-state index contributed by atoms with van der Waals surface area (Å²) in [6.07, 6.45) is 1.03. The minimum absolute atomic E-state index is 0.0648. The van der Waals surface area contributed by atoms with Gasteiger partial charge in [-0.2, -0.15) is 0 Å². The third-order valence-electron chi connectivity index (χ3n) is 4.03. The van der Waals surface area contributed by atoms with Crippen LogP contribution in [0.5, 0.6) is 5.75 Å². The van der Waals surface area contributed by atoms with Gasteiger partial charge in [-0.25, -0.2) is 0 Å². The summed E-state index contributed by atoms with van der Waals surface area (Å²) in [7, 11) is 0. The van der Waals surface area contributed by atoms with E-state index in [4.69, 9.17) is 4.74 Å². The molecule has 0 heterocycles. The first-order chi connectivity index (χ1) is 13.4. The zero-order valence-electron chi connectivity index (χ0n) is 16.9. The Balaban J connectivity index is 1.91. The second-order valence-corrected chi connectivity index (χ2v) is 6.98. The molecule has 0 aliphatic carbocycles. The second-order valence-electron chi connectivity index (χ2n) is 6.98. The zero-order valence-corrected chi connectivity index (χ0v) is 16.9. The van der Waals surface area contributed by atoms with Crippen molar-refractivity contribution in [3.05, 3.63) is 54.1 Å². The van der Waals surface area contributed by atoms with E-state index in [0.29, 0.717) is 16.9 Å². The molecular weight excluding hydrogens is 354 g/mol. The molecule has 3 N–H and O–H groups in total. The average Bonchev–Trinajstić information content (AvgIpc) is 2.66. The van der Waals surface area contributed by atoms with Crippen molar-refractivity contribution in [3.8, 4) is 5.75 Å². The van der Waals surface area contributed by atoms with Crippen LogP contribution >= 0.6 is 0 Å². The highest BCUT2D eigenvalue weighted by molar-refractivity contribution is 5.96. The number of ether oxygens (including phenoxy) is 1. The normalized spacial score (nSPS) is 11.6. The molecule has 0 aliphatic rings. The van der Waals surface area contributed by atoms with E-state index >= 15 is 0 Å². The van der Waals surface area contributed by atoms with Crippen LogP contribution in [0.3, 0.4) is 0 Å². The predicted octanol–water partition coefficient (Wildman–Crippen LogP) is 4.05. The van der Waals surface area contributed by atoms with Gasteiger partial charge in [-0.15, -0.1) is 0 Å². The van der Waals surface area contributed by atoms with E-state index < -0.39 is 0 Å². The van der Waals surface area contributed by atoms with E-state index in [9.17, 15) is 9.59 Å². The lowest BCUT2D eigenvalue weighted by Gasteiger charge is -2.14. The van der Waals surface area contributed by atoms with Crippen LogP contribution in [0, 0.1) is 0 Å². The van der Waals surface area contributed by atoms with E-state index in [2.05, 4.69) is 22.9 Å². The number of carbonyl (C=O) groups excluding carboxylic acids is 2. The van der Waals surface area contributed by atoms with Crippen LogP contribution in [-0.2, 0) is 4.79 Å². The van der Waals surface area contributed by atoms with Crippen LogP contribution < -0.4 is 20.7 Å². The summed E-state index contributed by atoms with van der Waals surface area (Å²) in [5.41, 5.74) is 1.94. The highest BCUT2D eigenvalue weighted by Gasteiger charge is 2.09. The molecule has 2 rings (SSSR count). The molecule has 1 atom stereocenters. The first kappa shape index (κ1) is 21.3. The van der Waals surface area contributed by atoms with Gasteiger partial charge in [0.05, 0.1) is 12.6 Å². The topological polar surface area (TPSA) is 79.5 Å². The number of amides is 2. The van der Waals surface area contributed by atoms with Gasteiger partial charge in [0.2, 0.25) is 5.91 Å². The van der Waals surface area contributed by atoms with E-state index in [-0.39, 0.29) is 30.5 Å². The molecule has 28 heavy (non-hydrogen) atoms. The minimum atomic E-state index is -0.183. The molecule has 0 aliphatic heterocycles. The van der Waals surface area contributed by atoms with Crippen molar-refractivity contribution in [1.82, 2.24) is 5.32 Å². The highest BCUT2D eigenvalue weighted by Crippen LogP contribution is 2.19. The van der Waals surface area contributed by atoms with Crippen molar-refractivity contribution in [2.24, 2.45) is 0 Å². The number of benzene rings is 2. The molecule has 2 aromatic rings. The monoisotopic (exact) mass is 383 g/mol. The fraction of sp³-hybridized carbons (Fsp3) is 0.364.